The molecule has 1 N–H and O–H groups in total. The molecule has 1 unspecified atom stereocenters. The second-order valence-corrected chi connectivity index (χ2v) is 6.14. The van der Waals surface area contributed by atoms with E-state index in [-0.39, 0.29) is 17.1 Å². The topological polar surface area (TPSA) is 107 Å². The third-order valence-electron chi connectivity index (χ3n) is 3.58. The largest absolute Gasteiger partial charge is 0.493 e. The Kier molecular flexibility index (Phi) is 6.62. The average molecular weight is 390 g/mol. The van der Waals surface area contributed by atoms with E-state index in [1.165, 1.54) is 51.7 Å². The second-order valence-electron chi connectivity index (χ2n) is 5.23. The quantitative estimate of drug-likeness (QED) is 0.724. The Morgan fingerprint density at radius 2 is 1.78 bits per heavy atom. The summed E-state index contributed by atoms with van der Waals surface area (Å²) in [7, 11) is 4.30. The molecule has 0 saturated heterocycles. The van der Waals surface area contributed by atoms with Crippen molar-refractivity contribution in [1.82, 2.24) is 0 Å². The molecule has 1 aromatic carbocycles. The van der Waals surface area contributed by atoms with Gasteiger partial charge >= 0.3 is 5.97 Å². The number of thiophene rings is 1. The lowest BCUT2D eigenvalue weighted by atomic mass is 10.2. The van der Waals surface area contributed by atoms with Crippen LogP contribution in [-0.2, 0) is 9.53 Å². The van der Waals surface area contributed by atoms with Gasteiger partial charge in [-0.15, -0.1) is 11.3 Å². The Labute approximate surface area is 160 Å². The predicted octanol–water partition coefficient (Wildman–Crippen LogP) is 2.83. The summed E-state index contributed by atoms with van der Waals surface area (Å²) >= 11 is 1.21. The third-order valence-corrected chi connectivity index (χ3v) is 4.41. The van der Waals surface area contributed by atoms with E-state index in [0.717, 1.165) is 0 Å². The van der Waals surface area contributed by atoms with E-state index in [9.17, 15) is 9.59 Å². The minimum absolute atomic E-state index is 0.137. The number of hydrogen-bond donors (Lipinski definition) is 1. The van der Waals surface area contributed by atoms with Gasteiger partial charge in [0.2, 0.25) is 5.75 Å². The molecule has 0 aliphatic rings. The maximum absolute atomic E-state index is 12.4. The third kappa shape index (κ3) is 4.48. The monoisotopic (exact) mass is 390 g/mol. The standard InChI is InChI=1S/C18H18N2O6S/c1-10(16(21)20-17-11(9-19)5-6-27-17)26-18(22)12-7-13(23-2)15(25-4)14(8-12)24-3/h5-8,10H,1-4H3,(H,20,21). The van der Waals surface area contributed by atoms with Gasteiger partial charge in [-0.3, -0.25) is 4.79 Å². The number of ether oxygens (including phenoxy) is 4. The first-order valence-corrected chi connectivity index (χ1v) is 8.62. The number of amides is 1. The molecule has 0 spiro atoms. The summed E-state index contributed by atoms with van der Waals surface area (Å²) in [6, 6.07) is 6.42. The van der Waals surface area contributed by atoms with Gasteiger partial charge in [-0.2, -0.15) is 5.26 Å². The van der Waals surface area contributed by atoms with Crippen LogP contribution in [0.5, 0.6) is 17.2 Å². The molecule has 9 heteroatoms. The Morgan fingerprint density at radius 3 is 2.30 bits per heavy atom. The highest BCUT2D eigenvalue weighted by molar-refractivity contribution is 7.14. The molecule has 0 saturated carbocycles. The molecule has 1 amide bonds. The smallest absolute Gasteiger partial charge is 0.339 e. The van der Waals surface area contributed by atoms with Gasteiger partial charge in [-0.25, -0.2) is 4.79 Å². The van der Waals surface area contributed by atoms with Crippen molar-refractivity contribution in [1.29, 1.82) is 5.26 Å². The fourth-order valence-electron chi connectivity index (χ4n) is 2.19. The number of carbonyl (C=O) groups is 2. The van der Waals surface area contributed by atoms with Crippen molar-refractivity contribution >= 4 is 28.2 Å². The Balaban J connectivity index is 2.14. The second kappa shape index (κ2) is 8.91. The van der Waals surface area contributed by atoms with Crippen LogP contribution in [0.15, 0.2) is 23.6 Å². The molecule has 8 nitrogen and oxygen atoms in total. The van der Waals surface area contributed by atoms with Gasteiger partial charge in [-0.05, 0) is 30.5 Å². The highest BCUT2D eigenvalue weighted by Crippen LogP contribution is 2.38. The molecule has 0 aliphatic heterocycles. The number of hydrogen-bond acceptors (Lipinski definition) is 8. The van der Waals surface area contributed by atoms with Crippen LogP contribution in [0.3, 0.4) is 0 Å². The first-order valence-electron chi connectivity index (χ1n) is 7.74. The number of nitriles is 1. The molecule has 1 atom stereocenters. The molecule has 142 valence electrons. The van der Waals surface area contributed by atoms with Crippen molar-refractivity contribution in [2.24, 2.45) is 0 Å². The van der Waals surface area contributed by atoms with Gasteiger partial charge in [0.1, 0.15) is 11.1 Å². The molecule has 1 aromatic heterocycles. The molecule has 27 heavy (non-hydrogen) atoms. The minimum Gasteiger partial charge on any atom is -0.493 e. The van der Waals surface area contributed by atoms with Crippen molar-refractivity contribution in [2.45, 2.75) is 13.0 Å². The van der Waals surface area contributed by atoms with Crippen molar-refractivity contribution in [2.75, 3.05) is 26.6 Å². The van der Waals surface area contributed by atoms with Crippen LogP contribution < -0.4 is 19.5 Å². The molecule has 0 radical (unpaired) electrons. The van der Waals surface area contributed by atoms with Gasteiger partial charge in [0.15, 0.2) is 17.6 Å². The zero-order valence-electron chi connectivity index (χ0n) is 15.2. The van der Waals surface area contributed by atoms with Crippen LogP contribution in [0, 0.1) is 11.3 Å². The van der Waals surface area contributed by atoms with Crippen molar-refractivity contribution in [3.05, 3.63) is 34.7 Å². The van der Waals surface area contributed by atoms with Crippen LogP contribution >= 0.6 is 11.3 Å². The molecule has 2 aromatic rings. The molecule has 1 heterocycles. The molecule has 2 rings (SSSR count). The molecule has 0 aliphatic carbocycles. The highest BCUT2D eigenvalue weighted by Gasteiger charge is 2.23. The maximum Gasteiger partial charge on any atom is 0.339 e. The van der Waals surface area contributed by atoms with Gasteiger partial charge < -0.3 is 24.3 Å². The number of anilines is 1. The van der Waals surface area contributed by atoms with Crippen LogP contribution in [0.4, 0.5) is 5.00 Å². The normalized spacial score (nSPS) is 11.1. The van der Waals surface area contributed by atoms with Gasteiger partial charge in [0, 0.05) is 0 Å². The first-order chi connectivity index (χ1) is 12.9. The molecule has 0 fully saturated rings. The lowest BCUT2D eigenvalue weighted by Crippen LogP contribution is -2.30. The summed E-state index contributed by atoms with van der Waals surface area (Å²) in [6.07, 6.45) is -1.08. The summed E-state index contributed by atoms with van der Waals surface area (Å²) in [5.41, 5.74) is 0.481. The van der Waals surface area contributed by atoms with E-state index in [0.29, 0.717) is 16.3 Å². The summed E-state index contributed by atoms with van der Waals surface area (Å²) in [6.45, 7) is 1.44. The summed E-state index contributed by atoms with van der Waals surface area (Å²) in [5.74, 6) is -0.362. The van der Waals surface area contributed by atoms with E-state index >= 15 is 0 Å². The SMILES string of the molecule is COc1cc(C(=O)OC(C)C(=O)Nc2sccc2C#N)cc(OC)c1OC. The zero-order valence-corrected chi connectivity index (χ0v) is 16.0. The minimum atomic E-state index is -1.08. The number of esters is 1. The average Bonchev–Trinajstić information content (AvgIpc) is 3.13. The predicted molar refractivity (Wildman–Crippen MR) is 98.6 cm³/mol. The maximum atomic E-state index is 12.4. The number of methoxy groups -OCH3 is 3. The molecular formula is C18H18N2O6S. The fourth-order valence-corrected chi connectivity index (χ4v) is 2.93. The van der Waals surface area contributed by atoms with Crippen LogP contribution in [0.1, 0.15) is 22.8 Å². The first kappa shape index (κ1) is 20.1. The van der Waals surface area contributed by atoms with E-state index < -0.39 is 18.0 Å². The number of benzene rings is 1. The lowest BCUT2D eigenvalue weighted by molar-refractivity contribution is -0.123. The number of carbonyl (C=O) groups excluding carboxylic acids is 2. The zero-order chi connectivity index (χ0) is 20.0. The number of rotatable bonds is 7. The van der Waals surface area contributed by atoms with E-state index in [1.807, 2.05) is 6.07 Å². The Morgan fingerprint density at radius 1 is 1.15 bits per heavy atom. The van der Waals surface area contributed by atoms with Crippen molar-refractivity contribution in [3.8, 4) is 23.3 Å². The highest BCUT2D eigenvalue weighted by atomic mass is 32.1. The van der Waals surface area contributed by atoms with E-state index in [2.05, 4.69) is 5.32 Å². The van der Waals surface area contributed by atoms with Crippen LogP contribution in [-0.4, -0.2) is 39.3 Å². The summed E-state index contributed by atoms with van der Waals surface area (Å²) in [5, 5.41) is 13.6. The summed E-state index contributed by atoms with van der Waals surface area (Å²) < 4.78 is 20.8. The van der Waals surface area contributed by atoms with Crippen LogP contribution in [0.25, 0.3) is 0 Å². The van der Waals surface area contributed by atoms with Crippen molar-refractivity contribution in [3.63, 3.8) is 0 Å². The van der Waals surface area contributed by atoms with E-state index in [1.54, 1.807) is 11.4 Å². The lowest BCUT2D eigenvalue weighted by Gasteiger charge is -2.16. The Hall–Kier alpha value is -3.25. The van der Waals surface area contributed by atoms with Gasteiger partial charge in [0.25, 0.3) is 5.91 Å². The van der Waals surface area contributed by atoms with Gasteiger partial charge in [0.05, 0.1) is 32.5 Å². The number of nitrogens with one attached hydrogen (secondary N) is 1. The Bertz CT molecular complexity index is 861. The molecular weight excluding hydrogens is 372 g/mol. The summed E-state index contributed by atoms with van der Waals surface area (Å²) in [4.78, 5) is 24.6. The fraction of sp³-hybridized carbons (Fsp3) is 0.278. The van der Waals surface area contributed by atoms with Gasteiger partial charge in [-0.1, -0.05) is 0 Å². The van der Waals surface area contributed by atoms with E-state index in [4.69, 9.17) is 24.2 Å². The molecule has 0 bridgehead atoms. The van der Waals surface area contributed by atoms with Crippen LogP contribution in [0.2, 0.25) is 0 Å². The number of nitrogens with zero attached hydrogens (tertiary/aromatic N) is 1. The van der Waals surface area contributed by atoms with Crippen molar-refractivity contribution < 1.29 is 28.5 Å².